The van der Waals surface area contributed by atoms with Crippen molar-refractivity contribution < 1.29 is 5.11 Å². The molecular formula is C12H11ClN2O2. The Morgan fingerprint density at radius 1 is 1.41 bits per heavy atom. The number of rotatable bonds is 2. The van der Waals surface area contributed by atoms with E-state index >= 15 is 0 Å². The Kier molecular flexibility index (Phi) is 3.15. The summed E-state index contributed by atoms with van der Waals surface area (Å²) >= 11 is 6.00. The minimum Gasteiger partial charge on any atom is -0.493 e. The number of halogens is 1. The van der Waals surface area contributed by atoms with Crippen LogP contribution in [0.4, 0.5) is 0 Å². The van der Waals surface area contributed by atoms with Crippen LogP contribution in [0.3, 0.4) is 0 Å². The molecule has 0 aliphatic carbocycles. The van der Waals surface area contributed by atoms with Gasteiger partial charge in [0.25, 0.3) is 5.56 Å². The number of H-pyrrole nitrogens is 1. The molecule has 0 saturated carbocycles. The van der Waals surface area contributed by atoms with E-state index < -0.39 is 0 Å². The van der Waals surface area contributed by atoms with Gasteiger partial charge in [-0.15, -0.1) is 0 Å². The zero-order valence-corrected chi connectivity index (χ0v) is 9.95. The van der Waals surface area contributed by atoms with E-state index in [9.17, 15) is 9.90 Å². The minimum absolute atomic E-state index is 0.216. The largest absolute Gasteiger partial charge is 0.493 e. The van der Waals surface area contributed by atoms with Crippen molar-refractivity contribution in [1.29, 1.82) is 0 Å². The highest BCUT2D eigenvalue weighted by molar-refractivity contribution is 6.31. The van der Waals surface area contributed by atoms with Gasteiger partial charge in [-0.05, 0) is 18.6 Å². The molecule has 0 aliphatic rings. The third kappa shape index (κ3) is 2.47. The minimum atomic E-state index is -0.334. The highest BCUT2D eigenvalue weighted by Gasteiger charge is 2.08. The molecule has 1 aromatic heterocycles. The highest BCUT2D eigenvalue weighted by atomic mass is 35.5. The molecule has 0 radical (unpaired) electrons. The van der Waals surface area contributed by atoms with Crippen molar-refractivity contribution in [1.82, 2.24) is 9.97 Å². The van der Waals surface area contributed by atoms with Crippen LogP contribution in [0.1, 0.15) is 17.0 Å². The maximum Gasteiger partial charge on any atom is 0.257 e. The molecule has 2 rings (SSSR count). The van der Waals surface area contributed by atoms with Crippen LogP contribution in [0, 0.1) is 6.92 Å². The molecule has 2 aromatic rings. The molecule has 5 heteroatoms. The second kappa shape index (κ2) is 4.59. The van der Waals surface area contributed by atoms with Crippen LogP contribution in [0.25, 0.3) is 0 Å². The Labute approximate surface area is 103 Å². The highest BCUT2D eigenvalue weighted by Crippen LogP contribution is 2.18. The van der Waals surface area contributed by atoms with Crippen LogP contribution in [0.2, 0.25) is 5.02 Å². The van der Waals surface area contributed by atoms with Crippen molar-refractivity contribution in [2.75, 3.05) is 0 Å². The second-order valence-electron chi connectivity index (χ2n) is 3.73. The van der Waals surface area contributed by atoms with Gasteiger partial charge in [-0.2, -0.15) is 4.98 Å². The average molecular weight is 251 g/mol. The molecule has 17 heavy (non-hydrogen) atoms. The summed E-state index contributed by atoms with van der Waals surface area (Å²) in [5.74, 6) is 0.155. The second-order valence-corrected chi connectivity index (χ2v) is 4.14. The number of aromatic hydroxyl groups is 1. The number of aromatic amines is 1. The number of hydrogen-bond acceptors (Lipinski definition) is 3. The fourth-order valence-corrected chi connectivity index (χ4v) is 1.67. The van der Waals surface area contributed by atoms with Gasteiger partial charge in [-0.1, -0.05) is 29.8 Å². The van der Waals surface area contributed by atoms with Crippen LogP contribution in [0.5, 0.6) is 5.88 Å². The fourth-order valence-electron chi connectivity index (χ4n) is 1.47. The third-order valence-electron chi connectivity index (χ3n) is 2.49. The Bertz CT molecular complexity index is 608. The van der Waals surface area contributed by atoms with Crippen molar-refractivity contribution in [2.24, 2.45) is 0 Å². The molecule has 1 heterocycles. The van der Waals surface area contributed by atoms with E-state index in [1.807, 2.05) is 18.2 Å². The van der Waals surface area contributed by atoms with Crippen molar-refractivity contribution in [3.63, 3.8) is 0 Å². The quantitative estimate of drug-likeness (QED) is 0.857. The first-order valence-electron chi connectivity index (χ1n) is 5.10. The SMILES string of the molecule is Cc1c(O)nc(Cc2ccccc2Cl)[nH]c1=O. The maximum atomic E-state index is 11.4. The molecule has 0 aliphatic heterocycles. The number of hydrogen-bond donors (Lipinski definition) is 2. The molecule has 0 atom stereocenters. The molecule has 0 spiro atoms. The van der Waals surface area contributed by atoms with Crippen LogP contribution in [-0.2, 0) is 6.42 Å². The van der Waals surface area contributed by atoms with E-state index in [-0.39, 0.29) is 17.0 Å². The van der Waals surface area contributed by atoms with Gasteiger partial charge in [0.1, 0.15) is 5.82 Å². The number of aromatic nitrogens is 2. The summed E-state index contributed by atoms with van der Waals surface area (Å²) in [4.78, 5) is 18.0. The normalized spacial score (nSPS) is 10.5. The van der Waals surface area contributed by atoms with Crippen molar-refractivity contribution in [3.8, 4) is 5.88 Å². The lowest BCUT2D eigenvalue weighted by Crippen LogP contribution is -2.14. The number of benzene rings is 1. The monoisotopic (exact) mass is 250 g/mol. The zero-order valence-electron chi connectivity index (χ0n) is 9.20. The molecule has 2 N–H and O–H groups in total. The average Bonchev–Trinajstić information content (AvgIpc) is 2.29. The molecule has 0 amide bonds. The van der Waals surface area contributed by atoms with E-state index in [4.69, 9.17) is 11.6 Å². The van der Waals surface area contributed by atoms with Crippen LogP contribution >= 0.6 is 11.6 Å². The van der Waals surface area contributed by atoms with E-state index in [1.165, 1.54) is 6.92 Å². The predicted molar refractivity (Wildman–Crippen MR) is 65.5 cm³/mol. The molecule has 0 unspecified atom stereocenters. The first kappa shape index (κ1) is 11.7. The summed E-state index contributed by atoms with van der Waals surface area (Å²) in [6.07, 6.45) is 0.378. The fraction of sp³-hybridized carbons (Fsp3) is 0.167. The summed E-state index contributed by atoms with van der Waals surface area (Å²) in [7, 11) is 0. The Morgan fingerprint density at radius 2 is 2.12 bits per heavy atom. The molecule has 4 nitrogen and oxygen atoms in total. The molecular weight excluding hydrogens is 240 g/mol. The summed E-state index contributed by atoms with van der Waals surface area (Å²) in [5.41, 5.74) is 0.730. The molecule has 88 valence electrons. The Hall–Kier alpha value is -1.81. The van der Waals surface area contributed by atoms with Crippen LogP contribution in [0.15, 0.2) is 29.1 Å². The van der Waals surface area contributed by atoms with Gasteiger partial charge in [-0.3, -0.25) is 4.79 Å². The Morgan fingerprint density at radius 3 is 2.76 bits per heavy atom. The van der Waals surface area contributed by atoms with E-state index in [2.05, 4.69) is 9.97 Å². The van der Waals surface area contributed by atoms with Crippen LogP contribution < -0.4 is 5.56 Å². The zero-order chi connectivity index (χ0) is 12.4. The molecule has 0 fully saturated rings. The lowest BCUT2D eigenvalue weighted by molar-refractivity contribution is 0.443. The van der Waals surface area contributed by atoms with Crippen LogP contribution in [-0.4, -0.2) is 15.1 Å². The van der Waals surface area contributed by atoms with E-state index in [0.29, 0.717) is 17.3 Å². The molecule has 0 bridgehead atoms. The standard InChI is InChI=1S/C12H11ClN2O2/c1-7-11(16)14-10(15-12(7)17)6-8-4-2-3-5-9(8)13/h2-5H,6H2,1H3,(H2,14,15,16,17). The van der Waals surface area contributed by atoms with Gasteiger partial charge in [-0.25, -0.2) is 0 Å². The van der Waals surface area contributed by atoms with Crippen molar-refractivity contribution in [2.45, 2.75) is 13.3 Å². The third-order valence-corrected chi connectivity index (χ3v) is 2.86. The van der Waals surface area contributed by atoms with Gasteiger partial charge < -0.3 is 10.1 Å². The number of nitrogens with zero attached hydrogens (tertiary/aromatic N) is 1. The lowest BCUT2D eigenvalue weighted by Gasteiger charge is -2.04. The van der Waals surface area contributed by atoms with Gasteiger partial charge in [0.05, 0.1) is 5.56 Å². The van der Waals surface area contributed by atoms with Gasteiger partial charge >= 0.3 is 0 Å². The summed E-state index contributed by atoms with van der Waals surface area (Å²) in [6, 6.07) is 7.30. The lowest BCUT2D eigenvalue weighted by atomic mass is 10.1. The summed E-state index contributed by atoms with van der Waals surface area (Å²) in [6.45, 7) is 1.51. The molecule has 0 saturated heterocycles. The van der Waals surface area contributed by atoms with Gasteiger partial charge in [0.15, 0.2) is 0 Å². The Balaban J connectivity index is 2.38. The summed E-state index contributed by atoms with van der Waals surface area (Å²) in [5, 5.41) is 10.1. The first-order chi connectivity index (χ1) is 8.08. The van der Waals surface area contributed by atoms with E-state index in [1.54, 1.807) is 6.07 Å². The smallest absolute Gasteiger partial charge is 0.257 e. The maximum absolute atomic E-state index is 11.4. The van der Waals surface area contributed by atoms with Gasteiger partial charge in [0, 0.05) is 11.4 Å². The van der Waals surface area contributed by atoms with Crippen molar-refractivity contribution >= 4 is 11.6 Å². The summed E-state index contributed by atoms with van der Waals surface area (Å²) < 4.78 is 0. The van der Waals surface area contributed by atoms with Crippen molar-refractivity contribution in [3.05, 3.63) is 56.6 Å². The molecule has 1 aromatic carbocycles. The number of nitrogens with one attached hydrogen (secondary N) is 1. The first-order valence-corrected chi connectivity index (χ1v) is 5.48. The van der Waals surface area contributed by atoms with E-state index in [0.717, 1.165) is 5.56 Å². The van der Waals surface area contributed by atoms with Gasteiger partial charge in [0.2, 0.25) is 5.88 Å². The predicted octanol–water partition coefficient (Wildman–Crippen LogP) is 2.03. The topological polar surface area (TPSA) is 66.0 Å².